The van der Waals surface area contributed by atoms with Crippen molar-refractivity contribution in [3.63, 3.8) is 0 Å². The molecule has 172 valence electrons. The number of hydrogen-bond acceptors (Lipinski definition) is 6. The lowest BCUT2D eigenvalue weighted by Crippen LogP contribution is -2.11. The number of aryl methyl sites for hydroxylation is 1. The number of hydrogen-bond donors (Lipinski definition) is 0. The zero-order valence-corrected chi connectivity index (χ0v) is 21.5. The second kappa shape index (κ2) is 10.4. The monoisotopic (exact) mass is 583 g/mol. The number of nitrogens with zero attached hydrogens (tertiary/aromatic N) is 1. The first-order chi connectivity index (χ1) is 16.4. The van der Waals surface area contributed by atoms with E-state index in [1.165, 1.54) is 0 Å². The molecule has 1 aliphatic rings. The number of rotatable bonds is 6. The average Bonchev–Trinajstić information content (AvgIpc) is 3.16. The van der Waals surface area contributed by atoms with Crippen LogP contribution in [0.25, 0.3) is 6.08 Å². The molecule has 0 aromatic heterocycles. The Morgan fingerprint density at radius 1 is 1.06 bits per heavy atom. The summed E-state index contributed by atoms with van der Waals surface area (Å²) in [6.45, 7) is 4.02. The third-order valence-electron chi connectivity index (χ3n) is 4.92. The second-order valence-corrected chi connectivity index (χ2v) is 8.99. The second-order valence-electron chi connectivity index (χ2n) is 7.28. The molecule has 1 aliphatic heterocycles. The van der Waals surface area contributed by atoms with E-state index < -0.39 is 11.9 Å². The van der Waals surface area contributed by atoms with Gasteiger partial charge in [-0.15, -0.1) is 0 Å². The summed E-state index contributed by atoms with van der Waals surface area (Å²) >= 11 is 6.91. The maximum Gasteiger partial charge on any atom is 0.363 e. The number of benzene rings is 3. The highest BCUT2D eigenvalue weighted by Crippen LogP contribution is 2.38. The van der Waals surface area contributed by atoms with Gasteiger partial charge in [-0.2, -0.15) is 0 Å². The Balaban J connectivity index is 1.67. The van der Waals surface area contributed by atoms with Crippen molar-refractivity contribution in [3.8, 4) is 11.5 Å². The fourth-order valence-electron chi connectivity index (χ4n) is 3.30. The van der Waals surface area contributed by atoms with E-state index in [1.54, 1.807) is 36.4 Å². The van der Waals surface area contributed by atoms with E-state index in [9.17, 15) is 9.59 Å². The van der Waals surface area contributed by atoms with Gasteiger partial charge in [0.05, 0.1) is 22.2 Å². The van der Waals surface area contributed by atoms with Crippen molar-refractivity contribution in [1.82, 2.24) is 0 Å². The summed E-state index contributed by atoms with van der Waals surface area (Å²) in [5.41, 5.74) is 2.71. The minimum absolute atomic E-state index is 0.143. The number of carbonyl (C=O) groups excluding carboxylic acids is 2. The number of halogens is 2. The van der Waals surface area contributed by atoms with Crippen molar-refractivity contribution in [2.24, 2.45) is 4.99 Å². The molecule has 0 spiro atoms. The molecule has 3 aromatic rings. The molecule has 0 fully saturated rings. The molecule has 0 aliphatic carbocycles. The van der Waals surface area contributed by atoms with Crippen LogP contribution in [0.2, 0.25) is 0 Å². The van der Waals surface area contributed by atoms with Crippen LogP contribution in [0.1, 0.15) is 34.0 Å². The zero-order valence-electron chi connectivity index (χ0n) is 18.3. The van der Waals surface area contributed by atoms with E-state index in [0.29, 0.717) is 33.5 Å². The molecule has 0 saturated carbocycles. The third kappa shape index (κ3) is 5.13. The highest BCUT2D eigenvalue weighted by Gasteiger charge is 2.26. The first-order valence-corrected chi connectivity index (χ1v) is 12.0. The van der Waals surface area contributed by atoms with E-state index in [-0.39, 0.29) is 17.3 Å². The summed E-state index contributed by atoms with van der Waals surface area (Å²) in [4.78, 5) is 29.5. The first kappa shape index (κ1) is 23.9. The van der Waals surface area contributed by atoms with Gasteiger partial charge in [0.25, 0.3) is 0 Å². The zero-order chi connectivity index (χ0) is 24.2. The predicted molar refractivity (Wildman–Crippen MR) is 136 cm³/mol. The molecule has 0 unspecified atom stereocenters. The Morgan fingerprint density at radius 2 is 1.79 bits per heavy atom. The summed E-state index contributed by atoms with van der Waals surface area (Å²) in [7, 11) is 0. The topological polar surface area (TPSA) is 74.2 Å². The Bertz CT molecular complexity index is 1350. The number of carbonyl (C=O) groups is 2. The smallest absolute Gasteiger partial charge is 0.363 e. The van der Waals surface area contributed by atoms with E-state index in [1.807, 2.05) is 44.2 Å². The maximum absolute atomic E-state index is 12.8. The van der Waals surface area contributed by atoms with Crippen LogP contribution in [0.15, 0.2) is 80.3 Å². The number of ether oxygens (including phenoxy) is 3. The Kier molecular flexibility index (Phi) is 7.29. The molecular formula is C26H19Br2NO5. The normalized spacial score (nSPS) is 14.1. The molecule has 8 heteroatoms. The molecule has 0 atom stereocenters. The summed E-state index contributed by atoms with van der Waals surface area (Å²) in [6.07, 6.45) is 1.59. The molecular weight excluding hydrogens is 566 g/mol. The van der Waals surface area contributed by atoms with Crippen LogP contribution < -0.4 is 9.47 Å². The van der Waals surface area contributed by atoms with Crippen LogP contribution in [-0.4, -0.2) is 24.4 Å². The van der Waals surface area contributed by atoms with E-state index in [4.69, 9.17) is 14.2 Å². The van der Waals surface area contributed by atoms with Crippen LogP contribution in [0.4, 0.5) is 0 Å². The highest BCUT2D eigenvalue weighted by molar-refractivity contribution is 9.10. The van der Waals surface area contributed by atoms with Crippen LogP contribution in [0.3, 0.4) is 0 Å². The minimum Gasteiger partial charge on any atom is -0.490 e. The molecule has 0 N–H and O–H groups in total. The number of esters is 2. The van der Waals surface area contributed by atoms with Crippen LogP contribution in [-0.2, 0) is 9.53 Å². The van der Waals surface area contributed by atoms with E-state index in [0.717, 1.165) is 10.0 Å². The van der Waals surface area contributed by atoms with Crippen LogP contribution in [0, 0.1) is 6.92 Å². The van der Waals surface area contributed by atoms with Gasteiger partial charge in [-0.1, -0.05) is 30.3 Å². The van der Waals surface area contributed by atoms with Gasteiger partial charge in [-0.25, -0.2) is 14.6 Å². The Labute approximate surface area is 213 Å². The molecule has 34 heavy (non-hydrogen) atoms. The lowest BCUT2D eigenvalue weighted by atomic mass is 10.1. The van der Waals surface area contributed by atoms with Crippen molar-refractivity contribution < 1.29 is 23.8 Å². The van der Waals surface area contributed by atoms with Crippen molar-refractivity contribution in [3.05, 3.63) is 97.6 Å². The molecule has 6 nitrogen and oxygen atoms in total. The average molecular weight is 585 g/mol. The van der Waals surface area contributed by atoms with Crippen molar-refractivity contribution >= 4 is 55.8 Å². The predicted octanol–water partition coefficient (Wildman–Crippen LogP) is 6.48. The molecule has 0 radical (unpaired) electrons. The van der Waals surface area contributed by atoms with Crippen molar-refractivity contribution in [2.75, 3.05) is 6.61 Å². The minimum atomic E-state index is -0.560. The van der Waals surface area contributed by atoms with Gasteiger partial charge < -0.3 is 14.2 Å². The summed E-state index contributed by atoms with van der Waals surface area (Å²) in [5, 5.41) is 0. The number of aliphatic imine (C=N–C) groups is 1. The van der Waals surface area contributed by atoms with Crippen LogP contribution in [0.5, 0.6) is 11.5 Å². The first-order valence-electron chi connectivity index (χ1n) is 10.4. The van der Waals surface area contributed by atoms with Gasteiger partial charge in [0.1, 0.15) is 0 Å². The Morgan fingerprint density at radius 3 is 2.53 bits per heavy atom. The quantitative estimate of drug-likeness (QED) is 0.188. The van der Waals surface area contributed by atoms with Gasteiger partial charge >= 0.3 is 11.9 Å². The van der Waals surface area contributed by atoms with Gasteiger partial charge in [-0.05, 0) is 93.2 Å². The summed E-state index contributed by atoms with van der Waals surface area (Å²) in [6, 6.07) is 17.9. The molecule has 1 heterocycles. The van der Waals surface area contributed by atoms with E-state index >= 15 is 0 Å². The van der Waals surface area contributed by atoms with Crippen molar-refractivity contribution in [1.29, 1.82) is 0 Å². The highest BCUT2D eigenvalue weighted by atomic mass is 79.9. The SMILES string of the molecule is CCOc1cc(/C=C2\N=C(c3ccccc3Br)OC2=O)cc(Br)c1OC(=O)c1ccccc1C. The van der Waals surface area contributed by atoms with Crippen molar-refractivity contribution in [2.45, 2.75) is 13.8 Å². The molecule has 0 bridgehead atoms. The third-order valence-corrected chi connectivity index (χ3v) is 6.20. The fraction of sp³-hybridized carbons (Fsp3) is 0.115. The van der Waals surface area contributed by atoms with Gasteiger partial charge in [0.2, 0.25) is 5.90 Å². The molecule has 0 saturated heterocycles. The molecule has 4 rings (SSSR count). The van der Waals surface area contributed by atoms with Crippen LogP contribution >= 0.6 is 31.9 Å². The summed E-state index contributed by atoms with van der Waals surface area (Å²) < 4.78 is 18.0. The van der Waals surface area contributed by atoms with E-state index in [2.05, 4.69) is 36.9 Å². The lowest BCUT2D eigenvalue weighted by Gasteiger charge is -2.14. The van der Waals surface area contributed by atoms with Gasteiger partial charge in [0.15, 0.2) is 17.2 Å². The van der Waals surface area contributed by atoms with Gasteiger partial charge in [0, 0.05) is 4.47 Å². The Hall–Kier alpha value is -3.23. The largest absolute Gasteiger partial charge is 0.490 e. The standard InChI is InChI=1S/C26H19Br2NO5/c1-3-32-22-14-16(12-20(28)23(22)33-25(30)17-9-5-4-8-15(17)2)13-21-26(31)34-24(29-21)18-10-6-7-11-19(18)27/h4-14H,3H2,1-2H3/b21-13-. The lowest BCUT2D eigenvalue weighted by molar-refractivity contribution is -0.129. The fourth-order valence-corrected chi connectivity index (χ4v) is 4.29. The molecule has 0 amide bonds. The molecule has 3 aromatic carbocycles. The van der Waals surface area contributed by atoms with Gasteiger partial charge in [-0.3, -0.25) is 0 Å². The maximum atomic E-state index is 12.8. The summed E-state index contributed by atoms with van der Waals surface area (Å²) in [5.74, 6) is -0.227. The number of cyclic esters (lactones) is 1.